The van der Waals surface area contributed by atoms with E-state index in [1.165, 1.54) is 0 Å². The molecular weight excluding hydrogens is 355 g/mol. The van der Waals surface area contributed by atoms with E-state index in [4.69, 9.17) is 0 Å². The van der Waals surface area contributed by atoms with Gasteiger partial charge in [-0.25, -0.2) is 0 Å². The van der Waals surface area contributed by atoms with Crippen LogP contribution in [0.5, 0.6) is 0 Å². The Balaban J connectivity index is 3.02. The van der Waals surface area contributed by atoms with Gasteiger partial charge >= 0.3 is 0 Å². The average Bonchev–Trinajstić information content (AvgIpc) is 2.38. The second kappa shape index (κ2) is 7.67. The van der Waals surface area contributed by atoms with E-state index in [0.717, 1.165) is 31.5 Å². The lowest BCUT2D eigenvalue weighted by Gasteiger charge is -2.31. The van der Waals surface area contributed by atoms with Crippen LogP contribution in [-0.2, 0) is 0 Å². The van der Waals surface area contributed by atoms with Gasteiger partial charge < -0.3 is 4.90 Å². The molecule has 0 radical (unpaired) electrons. The zero-order valence-electron chi connectivity index (χ0n) is 11.7. The number of anilines is 1. The summed E-state index contributed by atoms with van der Waals surface area (Å²) in [5.74, 6) is 0. The fourth-order valence-corrected chi connectivity index (χ4v) is 2.67. The Hall–Kier alpha value is -0.850. The number of nitro benzene ring substituents is 1. The predicted octanol–water partition coefficient (Wildman–Crippen LogP) is 4.60. The molecular formula is C14H21IN2O2. The number of hydrogen-bond donors (Lipinski definition) is 0. The van der Waals surface area contributed by atoms with Gasteiger partial charge in [0.25, 0.3) is 5.69 Å². The molecule has 0 bridgehead atoms. The summed E-state index contributed by atoms with van der Waals surface area (Å²) >= 11 is 2.04. The van der Waals surface area contributed by atoms with E-state index >= 15 is 0 Å². The van der Waals surface area contributed by atoms with Crippen molar-refractivity contribution < 1.29 is 4.92 Å². The van der Waals surface area contributed by atoms with Crippen LogP contribution in [0.15, 0.2) is 18.2 Å². The molecule has 0 saturated carbocycles. The number of nitrogens with zero attached hydrogens (tertiary/aromatic N) is 2. The summed E-state index contributed by atoms with van der Waals surface area (Å²) in [5.41, 5.74) is 1.27. The van der Waals surface area contributed by atoms with Gasteiger partial charge in [-0.2, -0.15) is 0 Å². The van der Waals surface area contributed by atoms with Crippen LogP contribution in [0.4, 0.5) is 11.4 Å². The van der Waals surface area contributed by atoms with Crippen LogP contribution in [0.2, 0.25) is 0 Å². The summed E-state index contributed by atoms with van der Waals surface area (Å²) in [4.78, 5) is 12.9. The molecule has 1 aromatic rings. The van der Waals surface area contributed by atoms with Crippen molar-refractivity contribution in [2.24, 2.45) is 0 Å². The maximum Gasteiger partial charge on any atom is 0.282 e. The summed E-state index contributed by atoms with van der Waals surface area (Å²) in [7, 11) is 0. The van der Waals surface area contributed by atoms with Crippen molar-refractivity contribution in [3.63, 3.8) is 0 Å². The van der Waals surface area contributed by atoms with Crippen LogP contribution in [-0.4, -0.2) is 17.5 Å². The lowest BCUT2D eigenvalue weighted by Crippen LogP contribution is -2.33. The second-order valence-corrected chi connectivity index (χ2v) is 5.86. The first-order valence-corrected chi connectivity index (χ1v) is 7.79. The van der Waals surface area contributed by atoms with Gasteiger partial charge in [-0.3, -0.25) is 10.1 Å². The number of unbranched alkanes of at least 4 members (excludes halogenated alkanes) is 1. The second-order valence-electron chi connectivity index (χ2n) is 4.70. The van der Waals surface area contributed by atoms with Gasteiger partial charge in [0, 0.05) is 24.3 Å². The Labute approximate surface area is 128 Å². The molecule has 4 nitrogen and oxygen atoms in total. The summed E-state index contributed by atoms with van der Waals surface area (Å²) < 4.78 is 0.699. The number of nitro groups is 1. The van der Waals surface area contributed by atoms with Crippen LogP contribution in [0.3, 0.4) is 0 Å². The third-order valence-corrected chi connectivity index (χ3v) is 4.20. The van der Waals surface area contributed by atoms with Crippen molar-refractivity contribution in [2.45, 2.75) is 46.1 Å². The minimum absolute atomic E-state index is 0.184. The molecule has 0 saturated heterocycles. The van der Waals surface area contributed by atoms with E-state index < -0.39 is 0 Å². The van der Waals surface area contributed by atoms with Crippen molar-refractivity contribution in [1.82, 2.24) is 0 Å². The molecule has 0 amide bonds. The summed E-state index contributed by atoms with van der Waals surface area (Å²) in [6, 6.07) is 5.84. The van der Waals surface area contributed by atoms with E-state index in [1.54, 1.807) is 6.07 Å². The molecule has 1 atom stereocenters. The van der Waals surface area contributed by atoms with E-state index in [1.807, 2.05) is 34.7 Å². The SMILES string of the molecule is CCCCN(c1ccc([N+](=O)[O-])c(I)c1)C(C)CC. The predicted molar refractivity (Wildman–Crippen MR) is 87.8 cm³/mol. The molecule has 0 fully saturated rings. The molecule has 0 spiro atoms. The quantitative estimate of drug-likeness (QED) is 0.397. The maximum atomic E-state index is 10.9. The first kappa shape index (κ1) is 16.2. The minimum atomic E-state index is -0.328. The van der Waals surface area contributed by atoms with Gasteiger partial charge in [0.15, 0.2) is 0 Å². The van der Waals surface area contributed by atoms with Crippen LogP contribution < -0.4 is 4.90 Å². The molecule has 0 aliphatic carbocycles. The molecule has 1 aromatic carbocycles. The minimum Gasteiger partial charge on any atom is -0.369 e. The fraction of sp³-hybridized carbons (Fsp3) is 0.571. The molecule has 1 rings (SSSR count). The lowest BCUT2D eigenvalue weighted by molar-refractivity contribution is -0.385. The van der Waals surface area contributed by atoms with Crippen molar-refractivity contribution in [3.05, 3.63) is 31.9 Å². The highest BCUT2D eigenvalue weighted by Gasteiger charge is 2.17. The Morgan fingerprint density at radius 3 is 2.58 bits per heavy atom. The van der Waals surface area contributed by atoms with Crippen LogP contribution in [0.25, 0.3) is 0 Å². The van der Waals surface area contributed by atoms with Gasteiger partial charge in [0.2, 0.25) is 0 Å². The van der Waals surface area contributed by atoms with Crippen LogP contribution in [0, 0.1) is 13.7 Å². The Kier molecular flexibility index (Phi) is 6.54. The maximum absolute atomic E-state index is 10.9. The van der Waals surface area contributed by atoms with E-state index in [9.17, 15) is 10.1 Å². The van der Waals surface area contributed by atoms with Crippen molar-refractivity contribution in [2.75, 3.05) is 11.4 Å². The van der Waals surface area contributed by atoms with Gasteiger partial charge in [0.1, 0.15) is 0 Å². The molecule has 1 unspecified atom stereocenters. The van der Waals surface area contributed by atoms with Gasteiger partial charge in [-0.05, 0) is 54.5 Å². The van der Waals surface area contributed by atoms with Crippen LogP contribution in [0.1, 0.15) is 40.0 Å². The number of benzene rings is 1. The summed E-state index contributed by atoms with van der Waals surface area (Å²) in [5, 5.41) is 10.9. The summed E-state index contributed by atoms with van der Waals surface area (Å²) in [6.45, 7) is 7.54. The van der Waals surface area contributed by atoms with Gasteiger partial charge in [-0.1, -0.05) is 20.3 Å². The first-order valence-electron chi connectivity index (χ1n) is 6.71. The molecule has 19 heavy (non-hydrogen) atoms. The highest BCUT2D eigenvalue weighted by Crippen LogP contribution is 2.28. The molecule has 0 heterocycles. The fourth-order valence-electron chi connectivity index (χ4n) is 1.98. The Morgan fingerprint density at radius 2 is 2.11 bits per heavy atom. The molecule has 0 N–H and O–H groups in total. The number of hydrogen-bond acceptors (Lipinski definition) is 3. The van der Waals surface area contributed by atoms with Crippen molar-refractivity contribution in [3.8, 4) is 0 Å². The molecule has 5 heteroatoms. The largest absolute Gasteiger partial charge is 0.369 e. The topological polar surface area (TPSA) is 46.4 Å². The smallest absolute Gasteiger partial charge is 0.282 e. The standard InChI is InChI=1S/C14H21IN2O2/c1-4-6-9-16(11(3)5-2)12-7-8-14(17(18)19)13(15)10-12/h7-8,10-11H,4-6,9H2,1-3H3. The van der Waals surface area contributed by atoms with Crippen molar-refractivity contribution in [1.29, 1.82) is 0 Å². The summed E-state index contributed by atoms with van der Waals surface area (Å²) in [6.07, 6.45) is 3.35. The van der Waals surface area contributed by atoms with E-state index in [2.05, 4.69) is 25.7 Å². The molecule has 0 aromatic heterocycles. The van der Waals surface area contributed by atoms with E-state index in [-0.39, 0.29) is 10.6 Å². The highest BCUT2D eigenvalue weighted by molar-refractivity contribution is 14.1. The number of rotatable bonds is 7. The van der Waals surface area contributed by atoms with Gasteiger partial charge in [-0.15, -0.1) is 0 Å². The first-order chi connectivity index (χ1) is 9.01. The Bertz CT molecular complexity index is 437. The third kappa shape index (κ3) is 4.33. The molecule has 106 valence electrons. The normalized spacial score (nSPS) is 12.2. The number of halogens is 1. The molecule has 0 aliphatic rings. The molecule has 0 aliphatic heterocycles. The lowest BCUT2D eigenvalue weighted by atomic mass is 10.1. The van der Waals surface area contributed by atoms with Crippen LogP contribution >= 0.6 is 22.6 Å². The Morgan fingerprint density at radius 1 is 1.42 bits per heavy atom. The monoisotopic (exact) mass is 376 g/mol. The third-order valence-electron chi connectivity index (χ3n) is 3.34. The highest BCUT2D eigenvalue weighted by atomic mass is 127. The van der Waals surface area contributed by atoms with E-state index in [0.29, 0.717) is 9.61 Å². The zero-order valence-corrected chi connectivity index (χ0v) is 13.9. The van der Waals surface area contributed by atoms with Crippen molar-refractivity contribution >= 4 is 34.0 Å². The van der Waals surface area contributed by atoms with Gasteiger partial charge in [0.05, 0.1) is 8.49 Å². The zero-order chi connectivity index (χ0) is 14.4. The average molecular weight is 376 g/mol.